The lowest BCUT2D eigenvalue weighted by Crippen LogP contribution is -2.36. The molecule has 2 unspecified atom stereocenters. The normalized spacial score (nSPS) is 28.6. The SMILES string of the molecule is CN(C)CCCNC1CCCC1O. The molecule has 1 fully saturated rings. The molecule has 1 rings (SSSR count). The third-order valence-corrected chi connectivity index (χ3v) is 2.67. The molecule has 0 saturated heterocycles. The van der Waals surface area contributed by atoms with E-state index in [1.165, 1.54) is 6.42 Å². The quantitative estimate of drug-likeness (QED) is 0.612. The Morgan fingerprint density at radius 1 is 1.38 bits per heavy atom. The largest absolute Gasteiger partial charge is 0.392 e. The molecule has 78 valence electrons. The Balaban J connectivity index is 1.99. The highest BCUT2D eigenvalue weighted by atomic mass is 16.3. The molecule has 0 heterocycles. The van der Waals surface area contributed by atoms with Gasteiger partial charge < -0.3 is 15.3 Å². The van der Waals surface area contributed by atoms with Crippen LogP contribution in [0.2, 0.25) is 0 Å². The third-order valence-electron chi connectivity index (χ3n) is 2.67. The number of hydrogen-bond acceptors (Lipinski definition) is 3. The average Bonchev–Trinajstić information content (AvgIpc) is 2.45. The van der Waals surface area contributed by atoms with Gasteiger partial charge in [-0.2, -0.15) is 0 Å². The van der Waals surface area contributed by atoms with Gasteiger partial charge in [0, 0.05) is 6.04 Å². The van der Waals surface area contributed by atoms with E-state index in [0.29, 0.717) is 6.04 Å². The van der Waals surface area contributed by atoms with Crippen LogP contribution >= 0.6 is 0 Å². The predicted octanol–water partition coefficient (Wildman–Crippen LogP) is 0.441. The highest BCUT2D eigenvalue weighted by Crippen LogP contribution is 2.18. The van der Waals surface area contributed by atoms with Gasteiger partial charge in [-0.25, -0.2) is 0 Å². The van der Waals surface area contributed by atoms with Crippen molar-refractivity contribution in [2.24, 2.45) is 0 Å². The summed E-state index contributed by atoms with van der Waals surface area (Å²) in [6, 6.07) is 0.363. The molecule has 2 atom stereocenters. The lowest BCUT2D eigenvalue weighted by Gasteiger charge is -2.17. The van der Waals surface area contributed by atoms with Crippen molar-refractivity contribution in [2.45, 2.75) is 37.8 Å². The van der Waals surface area contributed by atoms with Gasteiger partial charge in [-0.05, 0) is 52.9 Å². The summed E-state index contributed by atoms with van der Waals surface area (Å²) in [4.78, 5) is 2.19. The van der Waals surface area contributed by atoms with Crippen LogP contribution in [0.1, 0.15) is 25.7 Å². The summed E-state index contributed by atoms with van der Waals surface area (Å²) in [6.07, 6.45) is 4.36. The molecular formula is C10H22N2O. The fraction of sp³-hybridized carbons (Fsp3) is 1.00. The molecule has 0 spiro atoms. The maximum Gasteiger partial charge on any atom is 0.0693 e. The second kappa shape index (κ2) is 5.58. The third kappa shape index (κ3) is 4.07. The summed E-state index contributed by atoms with van der Waals surface area (Å²) in [5.74, 6) is 0. The minimum atomic E-state index is -0.0978. The molecule has 0 radical (unpaired) electrons. The Morgan fingerprint density at radius 2 is 2.15 bits per heavy atom. The van der Waals surface area contributed by atoms with E-state index >= 15 is 0 Å². The lowest BCUT2D eigenvalue weighted by atomic mass is 10.2. The topological polar surface area (TPSA) is 35.5 Å². The first-order chi connectivity index (χ1) is 6.20. The molecule has 3 nitrogen and oxygen atoms in total. The average molecular weight is 186 g/mol. The van der Waals surface area contributed by atoms with Gasteiger partial charge >= 0.3 is 0 Å². The fourth-order valence-corrected chi connectivity index (χ4v) is 1.86. The first-order valence-electron chi connectivity index (χ1n) is 5.26. The standard InChI is InChI=1S/C10H22N2O/c1-12(2)8-4-7-11-9-5-3-6-10(9)13/h9-11,13H,3-8H2,1-2H3. The molecule has 1 aliphatic carbocycles. The van der Waals surface area contributed by atoms with Crippen molar-refractivity contribution in [1.82, 2.24) is 10.2 Å². The predicted molar refractivity (Wildman–Crippen MR) is 54.8 cm³/mol. The van der Waals surface area contributed by atoms with Crippen molar-refractivity contribution >= 4 is 0 Å². The number of aliphatic hydroxyl groups is 1. The van der Waals surface area contributed by atoms with Crippen molar-refractivity contribution in [3.63, 3.8) is 0 Å². The van der Waals surface area contributed by atoms with Crippen molar-refractivity contribution in [3.05, 3.63) is 0 Å². The molecule has 2 N–H and O–H groups in total. The van der Waals surface area contributed by atoms with Crippen molar-refractivity contribution in [2.75, 3.05) is 27.2 Å². The maximum absolute atomic E-state index is 9.52. The van der Waals surface area contributed by atoms with Crippen molar-refractivity contribution in [1.29, 1.82) is 0 Å². The van der Waals surface area contributed by atoms with E-state index in [4.69, 9.17) is 0 Å². The molecule has 0 bridgehead atoms. The number of nitrogens with one attached hydrogen (secondary N) is 1. The van der Waals surface area contributed by atoms with Gasteiger partial charge in [-0.1, -0.05) is 0 Å². The number of hydrogen-bond donors (Lipinski definition) is 2. The molecule has 0 aromatic heterocycles. The first kappa shape index (κ1) is 11.0. The van der Waals surface area contributed by atoms with Crippen LogP contribution in [0.4, 0.5) is 0 Å². The molecule has 13 heavy (non-hydrogen) atoms. The van der Waals surface area contributed by atoms with Crippen molar-refractivity contribution in [3.8, 4) is 0 Å². The summed E-state index contributed by atoms with van der Waals surface area (Å²) >= 11 is 0. The number of nitrogens with zero attached hydrogens (tertiary/aromatic N) is 1. The van der Waals surface area contributed by atoms with Crippen LogP contribution in [0, 0.1) is 0 Å². The Morgan fingerprint density at radius 3 is 2.69 bits per heavy atom. The van der Waals surface area contributed by atoms with Crippen molar-refractivity contribution < 1.29 is 5.11 Å². The van der Waals surface area contributed by atoms with Gasteiger partial charge in [-0.3, -0.25) is 0 Å². The van der Waals surface area contributed by atoms with E-state index in [1.807, 2.05) is 0 Å². The fourth-order valence-electron chi connectivity index (χ4n) is 1.86. The maximum atomic E-state index is 9.52. The van der Waals surface area contributed by atoms with Gasteiger partial charge in [0.1, 0.15) is 0 Å². The van der Waals surface area contributed by atoms with E-state index in [9.17, 15) is 5.11 Å². The molecule has 0 aromatic rings. The zero-order valence-electron chi connectivity index (χ0n) is 8.79. The highest BCUT2D eigenvalue weighted by Gasteiger charge is 2.23. The number of aliphatic hydroxyl groups excluding tert-OH is 1. The van der Waals surface area contributed by atoms with Gasteiger partial charge in [0.25, 0.3) is 0 Å². The summed E-state index contributed by atoms with van der Waals surface area (Å²) < 4.78 is 0. The summed E-state index contributed by atoms with van der Waals surface area (Å²) in [6.45, 7) is 2.15. The van der Waals surface area contributed by atoms with Crippen LogP contribution < -0.4 is 5.32 Å². The Hall–Kier alpha value is -0.120. The minimum absolute atomic E-state index is 0.0978. The van der Waals surface area contributed by atoms with Crippen LogP contribution in [0.5, 0.6) is 0 Å². The Labute approximate surface area is 81.1 Å². The summed E-state index contributed by atoms with van der Waals surface area (Å²) in [7, 11) is 4.18. The molecule has 0 amide bonds. The zero-order chi connectivity index (χ0) is 9.68. The van der Waals surface area contributed by atoms with E-state index in [-0.39, 0.29) is 6.10 Å². The van der Waals surface area contributed by atoms with Gasteiger partial charge in [0.05, 0.1) is 6.10 Å². The van der Waals surface area contributed by atoms with E-state index < -0.39 is 0 Å². The van der Waals surface area contributed by atoms with E-state index in [0.717, 1.165) is 32.4 Å². The van der Waals surface area contributed by atoms with Crippen LogP contribution in [-0.2, 0) is 0 Å². The summed E-state index contributed by atoms with van der Waals surface area (Å²) in [5, 5.41) is 12.9. The molecule has 0 aliphatic heterocycles. The monoisotopic (exact) mass is 186 g/mol. The van der Waals surface area contributed by atoms with E-state index in [2.05, 4.69) is 24.3 Å². The second-order valence-corrected chi connectivity index (χ2v) is 4.22. The van der Waals surface area contributed by atoms with Gasteiger partial charge in [0.2, 0.25) is 0 Å². The summed E-state index contributed by atoms with van der Waals surface area (Å²) in [5.41, 5.74) is 0. The minimum Gasteiger partial charge on any atom is -0.392 e. The van der Waals surface area contributed by atoms with Crippen LogP contribution in [0.3, 0.4) is 0 Å². The number of rotatable bonds is 5. The smallest absolute Gasteiger partial charge is 0.0693 e. The van der Waals surface area contributed by atoms with Crippen LogP contribution in [-0.4, -0.2) is 49.3 Å². The molecule has 3 heteroatoms. The van der Waals surface area contributed by atoms with Gasteiger partial charge in [-0.15, -0.1) is 0 Å². The first-order valence-corrected chi connectivity index (χ1v) is 5.26. The highest BCUT2D eigenvalue weighted by molar-refractivity contribution is 4.82. The zero-order valence-corrected chi connectivity index (χ0v) is 8.79. The Bertz CT molecular complexity index is 139. The van der Waals surface area contributed by atoms with E-state index in [1.54, 1.807) is 0 Å². The molecule has 1 saturated carbocycles. The molecular weight excluding hydrogens is 164 g/mol. The van der Waals surface area contributed by atoms with Crippen LogP contribution in [0.15, 0.2) is 0 Å². The Kier molecular flexibility index (Phi) is 4.70. The molecule has 0 aromatic carbocycles. The lowest BCUT2D eigenvalue weighted by molar-refractivity contribution is 0.149. The molecule has 1 aliphatic rings. The van der Waals surface area contributed by atoms with Gasteiger partial charge in [0.15, 0.2) is 0 Å². The second-order valence-electron chi connectivity index (χ2n) is 4.22. The van der Waals surface area contributed by atoms with Crippen LogP contribution in [0.25, 0.3) is 0 Å².